The van der Waals surface area contributed by atoms with Crippen LogP contribution in [0.2, 0.25) is 0 Å². The number of hydrogen-bond donors (Lipinski definition) is 0. The molecule has 0 N–H and O–H groups in total. The van der Waals surface area contributed by atoms with Crippen molar-refractivity contribution in [3.8, 4) is 0 Å². The average Bonchev–Trinajstić information content (AvgIpc) is 3.07. The van der Waals surface area contributed by atoms with Crippen LogP contribution in [-0.2, 0) is 0 Å². The lowest BCUT2D eigenvalue weighted by Crippen LogP contribution is -2.50. The van der Waals surface area contributed by atoms with Gasteiger partial charge >= 0.3 is 0 Å². The molecule has 0 saturated carbocycles. The van der Waals surface area contributed by atoms with Gasteiger partial charge in [0.25, 0.3) is 5.91 Å². The number of fused-ring (bicyclic) bond motifs is 1. The third kappa shape index (κ3) is 2.86. The van der Waals surface area contributed by atoms with Crippen molar-refractivity contribution in [2.75, 3.05) is 32.7 Å². The predicted octanol–water partition coefficient (Wildman–Crippen LogP) is 2.48. The highest BCUT2D eigenvalue weighted by Gasteiger charge is 2.28. The number of hydrogen-bond acceptors (Lipinski definition) is 5. The van der Waals surface area contributed by atoms with Crippen LogP contribution < -0.4 is 0 Å². The van der Waals surface area contributed by atoms with Gasteiger partial charge in [-0.25, -0.2) is 0 Å². The summed E-state index contributed by atoms with van der Waals surface area (Å²) in [6.45, 7) is 6.23. The summed E-state index contributed by atoms with van der Waals surface area (Å²) in [5, 5.41) is 3.69. The topological polar surface area (TPSA) is 48.8 Å². The lowest BCUT2D eigenvalue weighted by atomic mass is 10.1. The molecule has 2 aliphatic rings. The lowest BCUT2D eigenvalue weighted by Gasteiger charge is -2.35. The second kappa shape index (κ2) is 6.43. The minimum Gasteiger partial charge on any atom is -0.348 e. The van der Waals surface area contributed by atoms with Gasteiger partial charge in [-0.05, 0) is 11.5 Å². The number of thioether (sulfide) groups is 1. The van der Waals surface area contributed by atoms with Crippen LogP contribution in [0.25, 0.3) is 10.8 Å². The minimum absolute atomic E-state index is 0.0285. The molecule has 1 saturated heterocycles. The van der Waals surface area contributed by atoms with Crippen molar-refractivity contribution in [1.82, 2.24) is 14.8 Å². The second-order valence-corrected chi connectivity index (χ2v) is 7.62. The summed E-state index contributed by atoms with van der Waals surface area (Å²) in [7, 11) is 0. The van der Waals surface area contributed by atoms with E-state index in [0.717, 1.165) is 48.7 Å². The molecule has 0 aliphatic carbocycles. The number of piperazine rings is 1. The third-order valence-corrected chi connectivity index (χ3v) is 5.65. The highest BCUT2D eigenvalue weighted by atomic mass is 32.2. The van der Waals surface area contributed by atoms with Crippen molar-refractivity contribution in [2.45, 2.75) is 12.2 Å². The fraction of sp³-hybridized carbons (Fsp3) is 0.389. The molecule has 1 aromatic carbocycles. The van der Waals surface area contributed by atoms with E-state index in [2.05, 4.69) is 21.8 Å². The number of aromatic nitrogens is 1. The number of aliphatic imine (C=N–C) groups is 1. The van der Waals surface area contributed by atoms with Crippen LogP contribution in [0, 0.1) is 0 Å². The average molecular weight is 340 g/mol. The number of carbonyl (C=O) groups excluding carboxylic acids is 1. The molecule has 1 fully saturated rings. The predicted molar refractivity (Wildman–Crippen MR) is 98.6 cm³/mol. The summed E-state index contributed by atoms with van der Waals surface area (Å²) < 4.78 is 0. The van der Waals surface area contributed by atoms with E-state index in [0.29, 0.717) is 10.9 Å². The molecule has 0 radical (unpaired) electrons. The van der Waals surface area contributed by atoms with Gasteiger partial charge < -0.3 is 9.80 Å². The number of pyridine rings is 1. The molecule has 0 spiro atoms. The zero-order chi connectivity index (χ0) is 16.5. The van der Waals surface area contributed by atoms with Crippen LogP contribution in [0.5, 0.6) is 0 Å². The van der Waals surface area contributed by atoms with E-state index in [1.54, 1.807) is 6.20 Å². The molecule has 0 bridgehead atoms. The van der Waals surface area contributed by atoms with E-state index < -0.39 is 0 Å². The van der Waals surface area contributed by atoms with Crippen LogP contribution in [0.1, 0.15) is 17.4 Å². The number of carbonyl (C=O) groups is 1. The van der Waals surface area contributed by atoms with Crippen LogP contribution >= 0.6 is 11.8 Å². The van der Waals surface area contributed by atoms with Gasteiger partial charge in [0.1, 0.15) is 5.69 Å². The van der Waals surface area contributed by atoms with Crippen molar-refractivity contribution in [2.24, 2.45) is 4.99 Å². The molecule has 2 aromatic rings. The van der Waals surface area contributed by atoms with E-state index in [9.17, 15) is 4.79 Å². The highest BCUT2D eigenvalue weighted by Crippen LogP contribution is 2.24. The van der Waals surface area contributed by atoms with E-state index in [1.165, 1.54) is 0 Å². The van der Waals surface area contributed by atoms with Crippen molar-refractivity contribution >= 4 is 33.6 Å². The van der Waals surface area contributed by atoms with Gasteiger partial charge in [-0.15, -0.1) is 0 Å². The maximum absolute atomic E-state index is 12.9. The zero-order valence-corrected chi connectivity index (χ0v) is 14.5. The molecular formula is C18H20N4OS. The molecular weight excluding hydrogens is 320 g/mol. The number of nitrogens with zero attached hydrogens (tertiary/aromatic N) is 4. The number of amidine groups is 1. The van der Waals surface area contributed by atoms with Crippen molar-refractivity contribution < 1.29 is 4.79 Å². The van der Waals surface area contributed by atoms with Crippen LogP contribution in [-0.4, -0.2) is 63.8 Å². The summed E-state index contributed by atoms with van der Waals surface area (Å²) in [6.07, 6.45) is 1.72. The first kappa shape index (κ1) is 15.4. The molecule has 1 atom stereocenters. The molecule has 5 nitrogen and oxygen atoms in total. The van der Waals surface area contributed by atoms with Gasteiger partial charge in [0, 0.05) is 43.0 Å². The summed E-state index contributed by atoms with van der Waals surface area (Å²) in [4.78, 5) is 26.1. The first-order valence-corrected chi connectivity index (χ1v) is 9.19. The maximum Gasteiger partial charge on any atom is 0.273 e. The molecule has 1 unspecified atom stereocenters. The monoisotopic (exact) mass is 340 g/mol. The van der Waals surface area contributed by atoms with Crippen LogP contribution in [0.15, 0.2) is 41.5 Å². The SMILES string of the molecule is CC1CN=C(N2CCN(C(=O)c3nccc4ccccc34)CC2)S1. The first-order valence-electron chi connectivity index (χ1n) is 8.31. The van der Waals surface area contributed by atoms with E-state index in [1.807, 2.05) is 47.0 Å². The molecule has 1 aromatic heterocycles. The number of amides is 1. The first-order chi connectivity index (χ1) is 11.7. The number of rotatable bonds is 1. The lowest BCUT2D eigenvalue weighted by molar-refractivity contribution is 0.0690. The maximum atomic E-state index is 12.9. The van der Waals surface area contributed by atoms with Gasteiger partial charge in [0.05, 0.1) is 6.54 Å². The Labute approximate surface area is 145 Å². The Balaban J connectivity index is 1.48. The summed E-state index contributed by atoms with van der Waals surface area (Å²) in [6, 6.07) is 9.87. The van der Waals surface area contributed by atoms with E-state index in [4.69, 9.17) is 0 Å². The largest absolute Gasteiger partial charge is 0.348 e. The molecule has 2 aliphatic heterocycles. The molecule has 1 amide bonds. The van der Waals surface area contributed by atoms with Gasteiger partial charge in [-0.3, -0.25) is 14.8 Å². The smallest absolute Gasteiger partial charge is 0.273 e. The van der Waals surface area contributed by atoms with E-state index >= 15 is 0 Å². The summed E-state index contributed by atoms with van der Waals surface area (Å²) in [5.74, 6) is 0.0285. The molecule has 3 heterocycles. The normalized spacial score (nSPS) is 21.2. The second-order valence-electron chi connectivity index (χ2n) is 6.21. The zero-order valence-electron chi connectivity index (χ0n) is 13.7. The Morgan fingerprint density at radius 3 is 2.71 bits per heavy atom. The standard InChI is InChI=1S/C18H20N4OS/c1-13-12-20-18(24-13)22-10-8-21(9-11-22)17(23)16-15-5-3-2-4-14(15)6-7-19-16/h2-7,13H,8-12H2,1H3. The molecule has 6 heteroatoms. The quantitative estimate of drug-likeness (QED) is 0.800. The minimum atomic E-state index is 0.0285. The Kier molecular flexibility index (Phi) is 4.14. The van der Waals surface area contributed by atoms with Gasteiger partial charge in [-0.1, -0.05) is 43.0 Å². The summed E-state index contributed by atoms with van der Waals surface area (Å²) >= 11 is 1.84. The van der Waals surface area contributed by atoms with Crippen molar-refractivity contribution in [1.29, 1.82) is 0 Å². The highest BCUT2D eigenvalue weighted by molar-refractivity contribution is 8.14. The molecule has 124 valence electrons. The fourth-order valence-electron chi connectivity index (χ4n) is 3.18. The van der Waals surface area contributed by atoms with Crippen LogP contribution in [0.4, 0.5) is 0 Å². The third-order valence-electron chi connectivity index (χ3n) is 4.50. The van der Waals surface area contributed by atoms with Gasteiger partial charge in [0.2, 0.25) is 0 Å². The Bertz CT molecular complexity index is 793. The molecule has 4 rings (SSSR count). The van der Waals surface area contributed by atoms with Gasteiger partial charge in [0.15, 0.2) is 5.17 Å². The fourth-order valence-corrected chi connectivity index (χ4v) is 4.17. The van der Waals surface area contributed by atoms with Gasteiger partial charge in [-0.2, -0.15) is 0 Å². The van der Waals surface area contributed by atoms with Crippen LogP contribution in [0.3, 0.4) is 0 Å². The van der Waals surface area contributed by atoms with Crippen molar-refractivity contribution in [3.05, 3.63) is 42.2 Å². The van der Waals surface area contributed by atoms with E-state index in [-0.39, 0.29) is 5.91 Å². The Morgan fingerprint density at radius 1 is 1.17 bits per heavy atom. The molecule has 24 heavy (non-hydrogen) atoms. The summed E-state index contributed by atoms with van der Waals surface area (Å²) in [5.41, 5.74) is 0.558. The number of benzene rings is 1. The Hall–Kier alpha value is -2.08. The Morgan fingerprint density at radius 2 is 1.96 bits per heavy atom. The van der Waals surface area contributed by atoms with Crippen molar-refractivity contribution in [3.63, 3.8) is 0 Å².